The van der Waals surface area contributed by atoms with Crippen molar-refractivity contribution in [1.29, 1.82) is 0 Å². The van der Waals surface area contributed by atoms with Crippen LogP contribution in [0.3, 0.4) is 0 Å². The number of nitrogens with one attached hydrogen (secondary N) is 1. The van der Waals surface area contributed by atoms with Crippen molar-refractivity contribution in [2.75, 3.05) is 16.8 Å². The Kier molecular flexibility index (Phi) is 5.04. The molecule has 1 aliphatic rings. The van der Waals surface area contributed by atoms with Gasteiger partial charge < -0.3 is 9.88 Å². The van der Waals surface area contributed by atoms with Gasteiger partial charge in [-0.25, -0.2) is 0 Å². The third kappa shape index (κ3) is 3.88. The molecular formula is C20H20N2OS2. The van der Waals surface area contributed by atoms with E-state index in [0.29, 0.717) is 17.5 Å². The smallest absolute Gasteiger partial charge is 0.226 e. The van der Waals surface area contributed by atoms with Crippen LogP contribution in [0.4, 0.5) is 5.69 Å². The molecule has 0 bridgehead atoms. The van der Waals surface area contributed by atoms with Crippen LogP contribution in [-0.2, 0) is 11.3 Å². The second-order valence-corrected chi connectivity index (χ2v) is 8.79. The summed E-state index contributed by atoms with van der Waals surface area (Å²) in [6.45, 7) is 0.688. The van der Waals surface area contributed by atoms with Gasteiger partial charge >= 0.3 is 0 Å². The van der Waals surface area contributed by atoms with Gasteiger partial charge in [-0.05, 0) is 35.2 Å². The second kappa shape index (κ2) is 7.58. The van der Waals surface area contributed by atoms with Crippen LogP contribution in [-0.4, -0.2) is 22.0 Å². The van der Waals surface area contributed by atoms with E-state index in [1.165, 1.54) is 28.0 Å². The normalized spacial score (nSPS) is 14.9. The number of hydrogen-bond acceptors (Lipinski definition) is 3. The molecule has 1 fully saturated rings. The Morgan fingerprint density at radius 2 is 1.92 bits per heavy atom. The molecule has 3 nitrogen and oxygen atoms in total. The predicted octanol–water partition coefficient (Wildman–Crippen LogP) is 5.15. The standard InChI is InChI=1S/C20H20N2OS2/c23-19(9-11-22-10-8-15-4-1-2-7-18(15)22)21-17-6-3-5-16(14-17)20-24-12-13-25-20/h1-8,10,14,20H,9,11-13H2,(H,21,23). The Hall–Kier alpha value is -1.85. The van der Waals surface area contributed by atoms with Gasteiger partial charge in [0, 0.05) is 41.9 Å². The van der Waals surface area contributed by atoms with E-state index in [-0.39, 0.29) is 5.91 Å². The highest BCUT2D eigenvalue weighted by Gasteiger charge is 2.18. The van der Waals surface area contributed by atoms with Gasteiger partial charge in [-0.3, -0.25) is 4.79 Å². The van der Waals surface area contributed by atoms with Gasteiger partial charge in [0.15, 0.2) is 0 Å². The molecule has 1 amide bonds. The molecule has 2 aromatic carbocycles. The molecule has 1 aliphatic heterocycles. The van der Waals surface area contributed by atoms with Crippen LogP contribution in [0.1, 0.15) is 16.6 Å². The summed E-state index contributed by atoms with van der Waals surface area (Å²) < 4.78 is 2.64. The molecule has 0 saturated carbocycles. The summed E-state index contributed by atoms with van der Waals surface area (Å²) in [5.74, 6) is 2.47. The second-order valence-electron chi connectivity index (χ2n) is 6.07. The number of hydrogen-bond donors (Lipinski definition) is 1. The van der Waals surface area contributed by atoms with E-state index in [1.807, 2.05) is 54.0 Å². The molecule has 0 radical (unpaired) electrons. The van der Waals surface area contributed by atoms with Gasteiger partial charge in [0.2, 0.25) is 5.91 Å². The summed E-state index contributed by atoms with van der Waals surface area (Å²) in [5.41, 5.74) is 3.36. The maximum atomic E-state index is 12.3. The molecule has 128 valence electrons. The van der Waals surface area contributed by atoms with Crippen LogP contribution in [0.2, 0.25) is 0 Å². The van der Waals surface area contributed by atoms with E-state index < -0.39 is 0 Å². The lowest BCUT2D eigenvalue weighted by molar-refractivity contribution is -0.116. The summed E-state index contributed by atoms with van der Waals surface area (Å²) in [4.78, 5) is 12.3. The Labute approximate surface area is 156 Å². The van der Waals surface area contributed by atoms with Crippen molar-refractivity contribution >= 4 is 46.0 Å². The molecule has 0 spiro atoms. The fourth-order valence-electron chi connectivity index (χ4n) is 3.09. The van der Waals surface area contributed by atoms with Gasteiger partial charge in [-0.2, -0.15) is 0 Å². The minimum atomic E-state index is 0.0571. The van der Waals surface area contributed by atoms with Crippen molar-refractivity contribution in [2.45, 2.75) is 17.5 Å². The van der Waals surface area contributed by atoms with Crippen LogP contribution in [0.15, 0.2) is 60.8 Å². The third-order valence-electron chi connectivity index (χ3n) is 4.32. The molecule has 1 aromatic heterocycles. The first-order chi connectivity index (χ1) is 12.3. The van der Waals surface area contributed by atoms with E-state index in [4.69, 9.17) is 0 Å². The molecular weight excluding hydrogens is 348 g/mol. The summed E-state index contributed by atoms with van der Waals surface area (Å²) >= 11 is 3.96. The number of thioether (sulfide) groups is 2. The molecule has 1 N–H and O–H groups in total. The number of anilines is 1. The highest BCUT2D eigenvalue weighted by Crippen LogP contribution is 2.45. The number of carbonyl (C=O) groups is 1. The molecule has 5 heteroatoms. The van der Waals surface area contributed by atoms with Gasteiger partial charge in [-0.1, -0.05) is 30.3 Å². The number of aryl methyl sites for hydroxylation is 1. The van der Waals surface area contributed by atoms with Crippen LogP contribution in [0.25, 0.3) is 10.9 Å². The Morgan fingerprint density at radius 1 is 1.08 bits per heavy atom. The minimum absolute atomic E-state index is 0.0571. The highest BCUT2D eigenvalue weighted by atomic mass is 32.2. The van der Waals surface area contributed by atoms with E-state index in [2.05, 4.69) is 40.2 Å². The lowest BCUT2D eigenvalue weighted by Gasteiger charge is -2.11. The number of carbonyl (C=O) groups excluding carboxylic acids is 1. The Morgan fingerprint density at radius 3 is 2.80 bits per heavy atom. The van der Waals surface area contributed by atoms with E-state index in [9.17, 15) is 4.79 Å². The van der Waals surface area contributed by atoms with E-state index in [0.717, 1.165) is 5.69 Å². The van der Waals surface area contributed by atoms with Gasteiger partial charge in [0.1, 0.15) is 0 Å². The molecule has 0 atom stereocenters. The largest absolute Gasteiger partial charge is 0.347 e. The summed E-state index contributed by atoms with van der Waals surface area (Å²) in [6.07, 6.45) is 2.52. The molecule has 2 heterocycles. The maximum absolute atomic E-state index is 12.3. The van der Waals surface area contributed by atoms with Crippen LogP contribution >= 0.6 is 23.5 Å². The van der Waals surface area contributed by atoms with Crippen molar-refractivity contribution in [2.24, 2.45) is 0 Å². The molecule has 3 aromatic rings. The zero-order valence-corrected chi connectivity index (χ0v) is 15.5. The topological polar surface area (TPSA) is 34.0 Å². The number of nitrogens with zero attached hydrogens (tertiary/aromatic N) is 1. The molecule has 4 rings (SSSR count). The van der Waals surface area contributed by atoms with Crippen LogP contribution in [0.5, 0.6) is 0 Å². The number of aromatic nitrogens is 1. The first-order valence-electron chi connectivity index (χ1n) is 8.46. The van der Waals surface area contributed by atoms with Crippen molar-refractivity contribution < 1.29 is 4.79 Å². The summed E-state index contributed by atoms with van der Waals surface area (Å²) in [7, 11) is 0. The quantitative estimate of drug-likeness (QED) is 0.676. The molecule has 0 unspecified atom stereocenters. The number of amides is 1. The van der Waals surface area contributed by atoms with E-state index in [1.54, 1.807) is 0 Å². The lowest BCUT2D eigenvalue weighted by atomic mass is 10.2. The average Bonchev–Trinajstić information content (AvgIpc) is 3.30. The van der Waals surface area contributed by atoms with Gasteiger partial charge in [0.05, 0.1) is 4.58 Å². The highest BCUT2D eigenvalue weighted by molar-refractivity contribution is 8.19. The van der Waals surface area contributed by atoms with Crippen molar-refractivity contribution in [1.82, 2.24) is 4.57 Å². The zero-order chi connectivity index (χ0) is 17.1. The van der Waals surface area contributed by atoms with Crippen LogP contribution in [0, 0.1) is 0 Å². The first kappa shape index (κ1) is 16.6. The summed E-state index contributed by atoms with van der Waals surface area (Å²) in [5, 5.41) is 4.26. The number of fused-ring (bicyclic) bond motifs is 1. The Bertz CT molecular complexity index is 884. The average molecular weight is 369 g/mol. The molecule has 0 aliphatic carbocycles. The van der Waals surface area contributed by atoms with Crippen molar-refractivity contribution in [3.05, 3.63) is 66.4 Å². The fraction of sp³-hybridized carbons (Fsp3) is 0.250. The van der Waals surface area contributed by atoms with Crippen molar-refractivity contribution in [3.63, 3.8) is 0 Å². The first-order valence-corrected chi connectivity index (χ1v) is 10.6. The SMILES string of the molecule is O=C(CCn1ccc2ccccc21)Nc1cccc(C2SCCS2)c1. The van der Waals surface area contributed by atoms with Gasteiger partial charge in [-0.15, -0.1) is 23.5 Å². The number of benzene rings is 2. The summed E-state index contributed by atoms with van der Waals surface area (Å²) in [6, 6.07) is 18.6. The van der Waals surface area contributed by atoms with Crippen molar-refractivity contribution in [3.8, 4) is 0 Å². The maximum Gasteiger partial charge on any atom is 0.226 e. The predicted molar refractivity (Wildman–Crippen MR) is 109 cm³/mol. The fourth-order valence-corrected chi connectivity index (χ4v) is 5.93. The monoisotopic (exact) mass is 368 g/mol. The zero-order valence-electron chi connectivity index (χ0n) is 13.9. The number of para-hydroxylation sites is 1. The lowest BCUT2D eigenvalue weighted by Crippen LogP contribution is -2.14. The van der Waals surface area contributed by atoms with Crippen LogP contribution < -0.4 is 5.32 Å². The third-order valence-corrected chi connectivity index (χ3v) is 7.43. The van der Waals surface area contributed by atoms with E-state index >= 15 is 0 Å². The Balaban J connectivity index is 1.38. The molecule has 25 heavy (non-hydrogen) atoms. The van der Waals surface area contributed by atoms with Gasteiger partial charge in [0.25, 0.3) is 0 Å². The number of rotatable bonds is 5. The molecule has 1 saturated heterocycles. The minimum Gasteiger partial charge on any atom is -0.347 e.